The topological polar surface area (TPSA) is 67.9 Å². The Morgan fingerprint density at radius 1 is 1.04 bits per heavy atom. The van der Waals surface area contributed by atoms with Gasteiger partial charge in [-0.1, -0.05) is 30.3 Å². The summed E-state index contributed by atoms with van der Waals surface area (Å²) in [5.74, 6) is 0.259. The van der Waals surface area contributed by atoms with Crippen molar-refractivity contribution < 1.29 is 19.1 Å². The Morgan fingerprint density at radius 2 is 1.75 bits per heavy atom. The predicted molar refractivity (Wildman–Crippen MR) is 106 cm³/mol. The lowest BCUT2D eigenvalue weighted by molar-refractivity contribution is -0.125. The second-order valence-electron chi connectivity index (χ2n) is 6.85. The number of likely N-dealkylation sites (tertiary alicyclic amines) is 1. The fourth-order valence-corrected chi connectivity index (χ4v) is 3.60. The Morgan fingerprint density at radius 3 is 2.39 bits per heavy atom. The van der Waals surface area contributed by atoms with Gasteiger partial charge in [0.05, 0.1) is 19.6 Å². The van der Waals surface area contributed by atoms with Crippen LogP contribution in [0.5, 0.6) is 5.75 Å². The van der Waals surface area contributed by atoms with Crippen molar-refractivity contribution in [2.24, 2.45) is 5.92 Å². The third-order valence-corrected chi connectivity index (χ3v) is 5.11. The van der Waals surface area contributed by atoms with E-state index in [-0.39, 0.29) is 23.7 Å². The zero-order valence-electron chi connectivity index (χ0n) is 16.3. The molecule has 1 heterocycles. The molecule has 1 aliphatic rings. The third-order valence-electron chi connectivity index (χ3n) is 5.11. The number of nitrogens with zero attached hydrogens (tertiary/aromatic N) is 1. The highest BCUT2D eigenvalue weighted by Gasteiger charge is 2.40. The molecule has 148 valence electrons. The van der Waals surface area contributed by atoms with Crippen molar-refractivity contribution >= 4 is 11.8 Å². The molecule has 0 aromatic heterocycles. The Labute approximate surface area is 165 Å². The molecule has 1 fully saturated rings. The maximum Gasteiger partial charge on any atom is 0.253 e. The SMILES string of the molecule is COCCNC(=O)C1CN(C(=O)c2ccc(OC)cc2)CC1c1ccccc1. The minimum absolute atomic E-state index is 0.0362. The smallest absolute Gasteiger partial charge is 0.253 e. The molecule has 2 aromatic rings. The molecule has 1 aliphatic heterocycles. The maximum atomic E-state index is 13.0. The molecule has 1 saturated heterocycles. The molecule has 0 aliphatic carbocycles. The zero-order valence-corrected chi connectivity index (χ0v) is 16.3. The molecule has 2 amide bonds. The number of carbonyl (C=O) groups is 2. The number of carbonyl (C=O) groups excluding carboxylic acids is 2. The number of benzene rings is 2. The average Bonchev–Trinajstić information content (AvgIpc) is 3.19. The van der Waals surface area contributed by atoms with E-state index in [0.29, 0.717) is 37.6 Å². The number of hydrogen-bond donors (Lipinski definition) is 1. The van der Waals surface area contributed by atoms with Crippen molar-refractivity contribution in [1.82, 2.24) is 10.2 Å². The fraction of sp³-hybridized carbons (Fsp3) is 0.364. The van der Waals surface area contributed by atoms with Crippen molar-refractivity contribution in [2.75, 3.05) is 40.5 Å². The first kappa shape index (κ1) is 19.9. The van der Waals surface area contributed by atoms with Crippen molar-refractivity contribution in [3.05, 3.63) is 65.7 Å². The van der Waals surface area contributed by atoms with Crippen molar-refractivity contribution in [3.63, 3.8) is 0 Å². The van der Waals surface area contributed by atoms with E-state index in [1.165, 1.54) is 0 Å². The minimum Gasteiger partial charge on any atom is -0.497 e. The van der Waals surface area contributed by atoms with Gasteiger partial charge in [-0.3, -0.25) is 9.59 Å². The summed E-state index contributed by atoms with van der Waals surface area (Å²) < 4.78 is 10.2. The second kappa shape index (κ2) is 9.37. The van der Waals surface area contributed by atoms with E-state index >= 15 is 0 Å². The first-order valence-electron chi connectivity index (χ1n) is 9.39. The average molecular weight is 382 g/mol. The Bertz CT molecular complexity index is 792. The molecule has 2 unspecified atom stereocenters. The van der Waals surface area contributed by atoms with Crippen LogP contribution in [0, 0.1) is 5.92 Å². The van der Waals surface area contributed by atoms with E-state index in [1.54, 1.807) is 43.4 Å². The van der Waals surface area contributed by atoms with Gasteiger partial charge in [0.15, 0.2) is 0 Å². The van der Waals surface area contributed by atoms with Gasteiger partial charge in [0.2, 0.25) is 5.91 Å². The lowest BCUT2D eigenvalue weighted by Crippen LogP contribution is -2.37. The van der Waals surface area contributed by atoms with Crippen LogP contribution in [0.2, 0.25) is 0 Å². The maximum absolute atomic E-state index is 13.0. The van der Waals surface area contributed by atoms with Crippen molar-refractivity contribution in [2.45, 2.75) is 5.92 Å². The molecule has 28 heavy (non-hydrogen) atoms. The number of rotatable bonds is 7. The quantitative estimate of drug-likeness (QED) is 0.747. The van der Waals surface area contributed by atoms with Crippen LogP contribution >= 0.6 is 0 Å². The lowest BCUT2D eigenvalue weighted by Gasteiger charge is -2.18. The van der Waals surface area contributed by atoms with Crippen LogP contribution in [0.1, 0.15) is 21.8 Å². The van der Waals surface area contributed by atoms with Crippen LogP contribution in [0.25, 0.3) is 0 Å². The number of methoxy groups -OCH3 is 2. The van der Waals surface area contributed by atoms with E-state index in [4.69, 9.17) is 9.47 Å². The highest BCUT2D eigenvalue weighted by atomic mass is 16.5. The Kier molecular flexibility index (Phi) is 6.66. The Hall–Kier alpha value is -2.86. The van der Waals surface area contributed by atoms with Crippen LogP contribution in [0.3, 0.4) is 0 Å². The highest BCUT2D eigenvalue weighted by Crippen LogP contribution is 2.33. The summed E-state index contributed by atoms with van der Waals surface area (Å²) in [6, 6.07) is 17.0. The molecule has 0 radical (unpaired) electrons. The van der Waals surface area contributed by atoms with E-state index < -0.39 is 0 Å². The summed E-state index contributed by atoms with van der Waals surface area (Å²) in [6.45, 7) is 1.82. The van der Waals surface area contributed by atoms with E-state index in [0.717, 1.165) is 5.56 Å². The van der Waals surface area contributed by atoms with Gasteiger partial charge >= 0.3 is 0 Å². The Balaban J connectivity index is 1.78. The normalized spacial score (nSPS) is 18.7. The molecule has 0 spiro atoms. The van der Waals surface area contributed by atoms with E-state index in [2.05, 4.69) is 5.32 Å². The predicted octanol–water partition coefficient (Wildman–Crippen LogP) is 2.31. The first-order chi connectivity index (χ1) is 13.6. The van der Waals surface area contributed by atoms with Crippen LogP contribution in [0.4, 0.5) is 0 Å². The lowest BCUT2D eigenvalue weighted by atomic mass is 9.88. The molecule has 6 nitrogen and oxygen atoms in total. The highest BCUT2D eigenvalue weighted by molar-refractivity contribution is 5.95. The third kappa shape index (κ3) is 4.51. The van der Waals surface area contributed by atoms with E-state index in [1.807, 2.05) is 30.3 Å². The summed E-state index contributed by atoms with van der Waals surface area (Å²) in [6.07, 6.45) is 0. The van der Waals surface area contributed by atoms with Gasteiger partial charge in [0, 0.05) is 38.2 Å². The van der Waals surface area contributed by atoms with Gasteiger partial charge < -0.3 is 19.7 Å². The molecule has 0 saturated carbocycles. The summed E-state index contributed by atoms with van der Waals surface area (Å²) in [4.78, 5) is 27.5. The molecular formula is C22H26N2O4. The summed E-state index contributed by atoms with van der Waals surface area (Å²) in [5, 5.41) is 2.92. The number of ether oxygens (including phenoxy) is 2. The molecule has 0 bridgehead atoms. The van der Waals surface area contributed by atoms with E-state index in [9.17, 15) is 9.59 Å². The van der Waals surface area contributed by atoms with Gasteiger partial charge in [-0.2, -0.15) is 0 Å². The molecular weight excluding hydrogens is 356 g/mol. The van der Waals surface area contributed by atoms with Crippen LogP contribution in [-0.2, 0) is 9.53 Å². The van der Waals surface area contributed by atoms with Gasteiger partial charge in [0.25, 0.3) is 5.91 Å². The van der Waals surface area contributed by atoms with Gasteiger partial charge in [-0.05, 0) is 29.8 Å². The molecule has 2 atom stereocenters. The van der Waals surface area contributed by atoms with Gasteiger partial charge in [0.1, 0.15) is 5.75 Å². The second-order valence-corrected chi connectivity index (χ2v) is 6.85. The summed E-state index contributed by atoms with van der Waals surface area (Å²) in [7, 11) is 3.19. The van der Waals surface area contributed by atoms with Gasteiger partial charge in [-0.15, -0.1) is 0 Å². The zero-order chi connectivity index (χ0) is 19.9. The van der Waals surface area contributed by atoms with Gasteiger partial charge in [-0.25, -0.2) is 0 Å². The van der Waals surface area contributed by atoms with Crippen LogP contribution in [-0.4, -0.2) is 57.2 Å². The molecule has 2 aromatic carbocycles. The van der Waals surface area contributed by atoms with Crippen LogP contribution < -0.4 is 10.1 Å². The number of nitrogens with one attached hydrogen (secondary N) is 1. The summed E-state index contributed by atoms with van der Waals surface area (Å²) in [5.41, 5.74) is 1.66. The largest absolute Gasteiger partial charge is 0.497 e. The number of amides is 2. The first-order valence-corrected chi connectivity index (χ1v) is 9.39. The summed E-state index contributed by atoms with van der Waals surface area (Å²) >= 11 is 0. The molecule has 1 N–H and O–H groups in total. The molecule has 3 rings (SSSR count). The monoisotopic (exact) mass is 382 g/mol. The minimum atomic E-state index is -0.290. The van der Waals surface area contributed by atoms with Crippen molar-refractivity contribution in [1.29, 1.82) is 0 Å². The van der Waals surface area contributed by atoms with Crippen LogP contribution in [0.15, 0.2) is 54.6 Å². The van der Waals surface area contributed by atoms with Crippen molar-refractivity contribution in [3.8, 4) is 5.75 Å². The molecule has 6 heteroatoms. The number of hydrogen-bond acceptors (Lipinski definition) is 4. The fourth-order valence-electron chi connectivity index (χ4n) is 3.60. The standard InChI is InChI=1S/C22H26N2O4/c1-27-13-12-23-21(25)20-15-24(14-19(20)16-6-4-3-5-7-16)22(26)17-8-10-18(28-2)11-9-17/h3-11,19-20H,12-15H2,1-2H3,(H,23,25).